The van der Waals surface area contributed by atoms with Crippen LogP contribution in [0.1, 0.15) is 18.1 Å². The molecule has 0 aliphatic rings. The van der Waals surface area contributed by atoms with Crippen molar-refractivity contribution in [2.75, 3.05) is 33.4 Å². The molecule has 2 aromatic carbocycles. The third kappa shape index (κ3) is 5.70. The molecule has 0 radical (unpaired) electrons. The van der Waals surface area contributed by atoms with Gasteiger partial charge in [0.15, 0.2) is 0 Å². The highest BCUT2D eigenvalue weighted by atomic mass is 16.5. The Kier molecular flexibility index (Phi) is 7.63. The number of hydrogen-bond acceptors (Lipinski definition) is 3. The number of carbonyl (C=O) groups is 2. The van der Waals surface area contributed by atoms with Gasteiger partial charge in [-0.25, -0.2) is 0 Å². The van der Waals surface area contributed by atoms with Crippen molar-refractivity contribution in [1.29, 1.82) is 0 Å². The lowest BCUT2D eigenvalue weighted by molar-refractivity contribution is -0.140. The molecule has 1 N–H and O–H groups in total. The fourth-order valence-electron chi connectivity index (χ4n) is 3.50. The third-order valence-corrected chi connectivity index (χ3v) is 5.23. The molecule has 0 bridgehead atoms. The van der Waals surface area contributed by atoms with Crippen LogP contribution < -0.4 is 0 Å². The van der Waals surface area contributed by atoms with E-state index in [1.165, 1.54) is 22.8 Å². The number of methoxy groups -OCH3 is 1. The van der Waals surface area contributed by atoms with Crippen LogP contribution in [0.4, 0.5) is 0 Å². The van der Waals surface area contributed by atoms with Crippen LogP contribution in [0.3, 0.4) is 0 Å². The summed E-state index contributed by atoms with van der Waals surface area (Å²) in [5.74, 6) is -0.193. The largest absolute Gasteiger partial charge is 0.383 e. The summed E-state index contributed by atoms with van der Waals surface area (Å²) in [5.41, 5.74) is 3.34. The predicted molar refractivity (Wildman–Crippen MR) is 118 cm³/mol. The highest BCUT2D eigenvalue weighted by molar-refractivity contribution is 5.84. The van der Waals surface area contributed by atoms with Crippen molar-refractivity contribution in [1.82, 2.24) is 14.8 Å². The highest BCUT2D eigenvalue weighted by Crippen LogP contribution is 2.19. The SMILES string of the molecule is COCCN(CC(=O)N(CCc1c[nH]c2ccccc12)Cc1ccccc1)C(C)=O. The van der Waals surface area contributed by atoms with Gasteiger partial charge in [-0.05, 0) is 23.6 Å². The Morgan fingerprint density at radius 3 is 2.43 bits per heavy atom. The van der Waals surface area contributed by atoms with Crippen LogP contribution in [0.15, 0.2) is 60.8 Å². The Morgan fingerprint density at radius 2 is 1.70 bits per heavy atom. The summed E-state index contributed by atoms with van der Waals surface area (Å²) in [6.07, 6.45) is 2.75. The van der Waals surface area contributed by atoms with Gasteiger partial charge >= 0.3 is 0 Å². The van der Waals surface area contributed by atoms with E-state index in [0.29, 0.717) is 26.2 Å². The molecule has 0 saturated heterocycles. The standard InChI is InChI=1S/C24H29N3O3/c1-19(28)26(14-15-30-2)18-24(29)27(17-20-8-4-3-5-9-20)13-12-21-16-25-23-11-7-6-10-22(21)23/h3-11,16,25H,12-15,17-18H2,1-2H3. The molecular weight excluding hydrogens is 378 g/mol. The van der Waals surface area contributed by atoms with Crippen molar-refractivity contribution in [2.45, 2.75) is 19.9 Å². The zero-order chi connectivity index (χ0) is 21.3. The molecule has 2 amide bonds. The molecule has 0 aliphatic carbocycles. The number of benzene rings is 2. The Balaban J connectivity index is 1.73. The van der Waals surface area contributed by atoms with Crippen molar-refractivity contribution >= 4 is 22.7 Å². The molecule has 0 spiro atoms. The number of nitrogens with zero attached hydrogens (tertiary/aromatic N) is 2. The molecule has 6 nitrogen and oxygen atoms in total. The smallest absolute Gasteiger partial charge is 0.242 e. The van der Waals surface area contributed by atoms with Crippen molar-refractivity contribution in [3.05, 3.63) is 71.9 Å². The number of nitrogens with one attached hydrogen (secondary N) is 1. The maximum Gasteiger partial charge on any atom is 0.242 e. The lowest BCUT2D eigenvalue weighted by Gasteiger charge is -2.27. The first-order valence-electron chi connectivity index (χ1n) is 10.2. The van der Waals surface area contributed by atoms with E-state index in [-0.39, 0.29) is 18.4 Å². The maximum atomic E-state index is 13.1. The van der Waals surface area contributed by atoms with Gasteiger partial charge in [0.1, 0.15) is 0 Å². The van der Waals surface area contributed by atoms with Crippen LogP contribution in [0, 0.1) is 0 Å². The van der Waals surface area contributed by atoms with E-state index in [9.17, 15) is 9.59 Å². The minimum atomic E-state index is -0.128. The fraction of sp³-hybridized carbons (Fsp3) is 0.333. The summed E-state index contributed by atoms with van der Waals surface area (Å²) >= 11 is 0. The second-order valence-electron chi connectivity index (χ2n) is 7.34. The molecule has 6 heteroatoms. The first kappa shape index (κ1) is 21.6. The summed E-state index contributed by atoms with van der Waals surface area (Å²) in [7, 11) is 1.59. The van der Waals surface area contributed by atoms with Gasteiger partial charge in [-0.3, -0.25) is 9.59 Å². The molecule has 0 unspecified atom stereocenters. The topological polar surface area (TPSA) is 65.6 Å². The fourth-order valence-corrected chi connectivity index (χ4v) is 3.50. The first-order valence-corrected chi connectivity index (χ1v) is 10.2. The number of rotatable bonds is 10. The number of H-pyrrole nitrogens is 1. The normalized spacial score (nSPS) is 10.9. The van der Waals surface area contributed by atoms with Gasteiger partial charge < -0.3 is 19.5 Å². The number of hydrogen-bond donors (Lipinski definition) is 1. The monoisotopic (exact) mass is 407 g/mol. The minimum absolute atomic E-state index is 0.0550. The number of aromatic nitrogens is 1. The summed E-state index contributed by atoms with van der Waals surface area (Å²) in [4.78, 5) is 31.7. The van der Waals surface area contributed by atoms with Crippen LogP contribution in [0.25, 0.3) is 10.9 Å². The molecule has 1 aromatic heterocycles. The van der Waals surface area contributed by atoms with Crippen LogP contribution in [-0.4, -0.2) is 59.9 Å². The van der Waals surface area contributed by atoms with Crippen LogP contribution in [0.5, 0.6) is 0 Å². The molecule has 0 saturated carbocycles. The number of amides is 2. The molecular formula is C24H29N3O3. The third-order valence-electron chi connectivity index (χ3n) is 5.23. The Hall–Kier alpha value is -3.12. The summed E-state index contributed by atoms with van der Waals surface area (Å²) in [6.45, 7) is 3.43. The number of carbonyl (C=O) groups excluding carboxylic acids is 2. The van der Waals surface area contributed by atoms with Crippen molar-refractivity contribution in [3.8, 4) is 0 Å². The lowest BCUT2D eigenvalue weighted by atomic mass is 10.1. The zero-order valence-corrected chi connectivity index (χ0v) is 17.6. The Morgan fingerprint density at radius 1 is 0.967 bits per heavy atom. The van der Waals surface area contributed by atoms with E-state index in [4.69, 9.17) is 4.74 Å². The summed E-state index contributed by atoms with van der Waals surface area (Å²) in [6, 6.07) is 18.1. The Bertz CT molecular complexity index is 968. The molecule has 30 heavy (non-hydrogen) atoms. The van der Waals surface area contributed by atoms with E-state index in [1.54, 1.807) is 7.11 Å². The second-order valence-corrected chi connectivity index (χ2v) is 7.34. The van der Waals surface area contributed by atoms with Crippen LogP contribution in [-0.2, 0) is 27.3 Å². The van der Waals surface area contributed by atoms with E-state index in [0.717, 1.165) is 17.5 Å². The zero-order valence-electron chi connectivity index (χ0n) is 17.6. The number of ether oxygens (including phenoxy) is 1. The minimum Gasteiger partial charge on any atom is -0.383 e. The van der Waals surface area contributed by atoms with Gasteiger partial charge in [-0.1, -0.05) is 48.5 Å². The average molecular weight is 408 g/mol. The molecule has 0 atom stereocenters. The number of fused-ring (bicyclic) bond motifs is 1. The molecule has 158 valence electrons. The second kappa shape index (κ2) is 10.6. The number of aromatic amines is 1. The molecule has 0 fully saturated rings. The average Bonchev–Trinajstić information content (AvgIpc) is 3.17. The van der Waals surface area contributed by atoms with E-state index in [2.05, 4.69) is 11.1 Å². The summed E-state index contributed by atoms with van der Waals surface area (Å²) < 4.78 is 5.08. The van der Waals surface area contributed by atoms with Crippen LogP contribution >= 0.6 is 0 Å². The van der Waals surface area contributed by atoms with Gasteiger partial charge in [0.2, 0.25) is 11.8 Å². The molecule has 0 aliphatic heterocycles. The Labute approximate surface area is 177 Å². The predicted octanol–water partition coefficient (Wildman–Crippen LogP) is 3.23. The van der Waals surface area contributed by atoms with Gasteiger partial charge in [-0.2, -0.15) is 0 Å². The van der Waals surface area contributed by atoms with Crippen molar-refractivity contribution < 1.29 is 14.3 Å². The molecule has 3 aromatic rings. The van der Waals surface area contributed by atoms with Crippen LogP contribution in [0.2, 0.25) is 0 Å². The van der Waals surface area contributed by atoms with Gasteiger partial charge in [0, 0.05) is 50.8 Å². The highest BCUT2D eigenvalue weighted by Gasteiger charge is 2.20. The van der Waals surface area contributed by atoms with Gasteiger partial charge in [0.05, 0.1) is 13.2 Å². The maximum absolute atomic E-state index is 13.1. The first-order chi connectivity index (χ1) is 14.6. The number of para-hydroxylation sites is 1. The van der Waals surface area contributed by atoms with E-state index in [1.807, 2.05) is 59.6 Å². The van der Waals surface area contributed by atoms with E-state index < -0.39 is 0 Å². The molecule has 3 rings (SSSR count). The molecule has 1 heterocycles. The van der Waals surface area contributed by atoms with Gasteiger partial charge in [0.25, 0.3) is 0 Å². The van der Waals surface area contributed by atoms with Gasteiger partial charge in [-0.15, -0.1) is 0 Å². The van der Waals surface area contributed by atoms with E-state index >= 15 is 0 Å². The quantitative estimate of drug-likeness (QED) is 0.561. The van der Waals surface area contributed by atoms with Crippen molar-refractivity contribution in [3.63, 3.8) is 0 Å². The lowest BCUT2D eigenvalue weighted by Crippen LogP contribution is -2.43. The van der Waals surface area contributed by atoms with Crippen molar-refractivity contribution in [2.24, 2.45) is 0 Å². The summed E-state index contributed by atoms with van der Waals surface area (Å²) in [5, 5.41) is 1.18.